The average molecular weight is 315 g/mol. The number of benzene rings is 2. The van der Waals surface area contributed by atoms with E-state index in [9.17, 15) is 8.42 Å². The van der Waals surface area contributed by atoms with Crippen LogP contribution in [-0.4, -0.2) is 18.0 Å². The first-order chi connectivity index (χ1) is 10.5. The first-order valence-corrected chi connectivity index (χ1v) is 8.40. The molecule has 0 spiro atoms. The van der Waals surface area contributed by atoms with Crippen LogP contribution < -0.4 is 4.72 Å². The molecule has 0 aliphatic carbocycles. The van der Waals surface area contributed by atoms with Crippen molar-refractivity contribution in [3.8, 4) is 0 Å². The van der Waals surface area contributed by atoms with Crippen molar-refractivity contribution >= 4 is 21.1 Å². The van der Waals surface area contributed by atoms with Gasteiger partial charge in [-0.15, -0.1) is 0 Å². The first-order valence-electron chi connectivity index (χ1n) is 6.92. The summed E-state index contributed by atoms with van der Waals surface area (Å²) < 4.78 is 29.1. The zero-order valence-corrected chi connectivity index (χ0v) is 13.3. The fourth-order valence-corrected chi connectivity index (χ4v) is 3.29. The molecule has 1 heterocycles. The number of fused-ring (bicyclic) bond motifs is 1. The third-order valence-electron chi connectivity index (χ3n) is 3.59. The van der Waals surface area contributed by atoms with Crippen molar-refractivity contribution in [3.05, 3.63) is 59.9 Å². The van der Waals surface area contributed by atoms with Gasteiger partial charge in [0.1, 0.15) is 0 Å². The summed E-state index contributed by atoms with van der Waals surface area (Å²) in [7, 11) is -1.57. The molecule has 1 aromatic heterocycles. The van der Waals surface area contributed by atoms with E-state index in [1.807, 2.05) is 36.7 Å². The molecule has 0 amide bonds. The highest BCUT2D eigenvalue weighted by atomic mass is 32.2. The highest BCUT2D eigenvalue weighted by molar-refractivity contribution is 7.89. The summed E-state index contributed by atoms with van der Waals surface area (Å²) in [5.41, 5.74) is 3.78. The molecular formula is C16H17N3O2S. The normalized spacial score (nSPS) is 11.9. The molecule has 0 saturated carbocycles. The van der Waals surface area contributed by atoms with Gasteiger partial charge in [-0.2, -0.15) is 0 Å². The number of nitrogens with one attached hydrogen (secondary N) is 1. The Morgan fingerprint density at radius 2 is 1.86 bits per heavy atom. The van der Waals surface area contributed by atoms with E-state index in [4.69, 9.17) is 0 Å². The summed E-state index contributed by atoms with van der Waals surface area (Å²) in [6.45, 7) is 2.16. The Bertz CT molecular complexity index is 912. The van der Waals surface area contributed by atoms with Crippen LogP contribution in [0.5, 0.6) is 0 Å². The summed E-state index contributed by atoms with van der Waals surface area (Å²) in [6.07, 6.45) is 1.74. The van der Waals surface area contributed by atoms with E-state index in [-0.39, 0.29) is 11.4 Å². The Balaban J connectivity index is 1.79. The van der Waals surface area contributed by atoms with Gasteiger partial charge in [-0.25, -0.2) is 18.1 Å². The highest BCUT2D eigenvalue weighted by Crippen LogP contribution is 2.15. The fraction of sp³-hybridized carbons (Fsp3) is 0.188. The molecule has 1 N–H and O–H groups in total. The number of sulfonamides is 1. The maximum Gasteiger partial charge on any atom is 0.240 e. The molecule has 0 fully saturated rings. The molecule has 0 aliphatic heterocycles. The van der Waals surface area contributed by atoms with Gasteiger partial charge >= 0.3 is 0 Å². The minimum atomic E-state index is -3.50. The molecule has 0 bridgehead atoms. The zero-order valence-electron chi connectivity index (χ0n) is 12.4. The van der Waals surface area contributed by atoms with Gasteiger partial charge in [-0.05, 0) is 36.8 Å². The van der Waals surface area contributed by atoms with Crippen molar-refractivity contribution in [2.24, 2.45) is 7.05 Å². The van der Waals surface area contributed by atoms with Crippen LogP contribution >= 0.6 is 0 Å². The molecule has 0 saturated heterocycles. The quantitative estimate of drug-likeness (QED) is 0.804. The number of imidazole rings is 1. The summed E-state index contributed by atoms with van der Waals surface area (Å²) in [5, 5.41) is 0. The third-order valence-corrected chi connectivity index (χ3v) is 5.00. The van der Waals surface area contributed by atoms with Crippen LogP contribution in [0.4, 0.5) is 0 Å². The fourth-order valence-electron chi connectivity index (χ4n) is 2.27. The number of aryl methyl sites for hydroxylation is 2. The van der Waals surface area contributed by atoms with Gasteiger partial charge in [0.05, 0.1) is 22.3 Å². The average Bonchev–Trinajstić information content (AvgIpc) is 2.87. The second-order valence-electron chi connectivity index (χ2n) is 5.32. The minimum Gasteiger partial charge on any atom is -0.334 e. The van der Waals surface area contributed by atoms with Crippen molar-refractivity contribution in [2.45, 2.75) is 18.4 Å². The van der Waals surface area contributed by atoms with E-state index in [0.717, 1.165) is 22.2 Å². The van der Waals surface area contributed by atoms with Crippen molar-refractivity contribution < 1.29 is 8.42 Å². The molecule has 3 aromatic rings. The lowest BCUT2D eigenvalue weighted by Gasteiger charge is -2.07. The Kier molecular flexibility index (Phi) is 3.72. The van der Waals surface area contributed by atoms with Crippen molar-refractivity contribution in [1.29, 1.82) is 0 Å². The summed E-state index contributed by atoms with van der Waals surface area (Å²) >= 11 is 0. The second kappa shape index (κ2) is 5.55. The molecule has 0 atom stereocenters. The van der Waals surface area contributed by atoms with Gasteiger partial charge < -0.3 is 4.57 Å². The molecule has 0 aliphatic rings. The number of hydrogen-bond donors (Lipinski definition) is 1. The molecular weight excluding hydrogens is 298 g/mol. The predicted molar refractivity (Wildman–Crippen MR) is 85.9 cm³/mol. The van der Waals surface area contributed by atoms with Gasteiger partial charge in [-0.1, -0.05) is 23.8 Å². The van der Waals surface area contributed by atoms with Gasteiger partial charge in [0.15, 0.2) is 0 Å². The zero-order chi connectivity index (χ0) is 15.7. The predicted octanol–water partition coefficient (Wildman–Crippen LogP) is 2.36. The molecule has 114 valence electrons. The van der Waals surface area contributed by atoms with Gasteiger partial charge in [-0.3, -0.25) is 0 Å². The second-order valence-corrected chi connectivity index (χ2v) is 7.08. The van der Waals surface area contributed by atoms with Crippen LogP contribution in [0, 0.1) is 6.92 Å². The van der Waals surface area contributed by atoms with Crippen molar-refractivity contribution in [1.82, 2.24) is 14.3 Å². The van der Waals surface area contributed by atoms with Crippen LogP contribution in [0.2, 0.25) is 0 Å². The van der Waals surface area contributed by atoms with Crippen LogP contribution in [-0.2, 0) is 23.6 Å². The largest absolute Gasteiger partial charge is 0.334 e. The Morgan fingerprint density at radius 3 is 2.59 bits per heavy atom. The summed E-state index contributed by atoms with van der Waals surface area (Å²) in [6, 6.07) is 12.5. The van der Waals surface area contributed by atoms with E-state index in [0.29, 0.717) is 0 Å². The topological polar surface area (TPSA) is 64.0 Å². The number of nitrogens with zero attached hydrogens (tertiary/aromatic N) is 2. The van der Waals surface area contributed by atoms with Crippen molar-refractivity contribution in [2.75, 3.05) is 0 Å². The molecule has 3 rings (SSSR count). The minimum absolute atomic E-state index is 0.239. The van der Waals surface area contributed by atoms with E-state index in [2.05, 4.69) is 9.71 Å². The Morgan fingerprint density at radius 1 is 1.14 bits per heavy atom. The summed E-state index contributed by atoms with van der Waals surface area (Å²) in [5.74, 6) is 0. The number of rotatable bonds is 4. The van der Waals surface area contributed by atoms with E-state index in [1.54, 1.807) is 30.6 Å². The molecule has 6 heteroatoms. The Hall–Kier alpha value is -2.18. The summed E-state index contributed by atoms with van der Waals surface area (Å²) in [4.78, 5) is 4.55. The lowest BCUT2D eigenvalue weighted by Crippen LogP contribution is -2.23. The van der Waals surface area contributed by atoms with Crippen LogP contribution in [0.3, 0.4) is 0 Å². The van der Waals surface area contributed by atoms with Gasteiger partial charge in [0, 0.05) is 13.6 Å². The number of hydrogen-bond acceptors (Lipinski definition) is 3. The highest BCUT2D eigenvalue weighted by Gasteiger charge is 2.13. The lowest BCUT2D eigenvalue weighted by atomic mass is 10.2. The van der Waals surface area contributed by atoms with Crippen LogP contribution in [0.15, 0.2) is 53.7 Å². The van der Waals surface area contributed by atoms with E-state index in [1.165, 1.54) is 0 Å². The lowest BCUT2D eigenvalue weighted by molar-refractivity contribution is 0.581. The SMILES string of the molecule is Cc1ccc(S(=O)(=O)NCc2ccc3c(c2)ncn3C)cc1. The van der Waals surface area contributed by atoms with E-state index < -0.39 is 10.0 Å². The molecule has 5 nitrogen and oxygen atoms in total. The van der Waals surface area contributed by atoms with E-state index >= 15 is 0 Å². The molecule has 0 unspecified atom stereocenters. The molecule has 2 aromatic carbocycles. The van der Waals surface area contributed by atoms with Gasteiger partial charge in [0.2, 0.25) is 10.0 Å². The van der Waals surface area contributed by atoms with Gasteiger partial charge in [0.25, 0.3) is 0 Å². The van der Waals surface area contributed by atoms with Crippen LogP contribution in [0.25, 0.3) is 11.0 Å². The molecule has 0 radical (unpaired) electrons. The standard InChI is InChI=1S/C16H17N3O2S/c1-12-3-6-14(7-4-12)22(20,21)18-10-13-5-8-16-15(9-13)17-11-19(16)2/h3-9,11,18H,10H2,1-2H3. The van der Waals surface area contributed by atoms with Crippen LogP contribution in [0.1, 0.15) is 11.1 Å². The molecule has 22 heavy (non-hydrogen) atoms. The number of aromatic nitrogens is 2. The maximum atomic E-state index is 12.3. The van der Waals surface area contributed by atoms with Crippen molar-refractivity contribution in [3.63, 3.8) is 0 Å². The first kappa shape index (κ1) is 14.7. The Labute approximate surface area is 129 Å². The monoisotopic (exact) mass is 315 g/mol. The third kappa shape index (κ3) is 2.88. The maximum absolute atomic E-state index is 12.3. The smallest absolute Gasteiger partial charge is 0.240 e.